The van der Waals surface area contributed by atoms with Crippen molar-refractivity contribution >= 4 is 22.8 Å². The first kappa shape index (κ1) is 14.7. The van der Waals surface area contributed by atoms with Crippen molar-refractivity contribution in [2.24, 2.45) is 5.92 Å². The SMILES string of the molecule is CC(C)COc1nc(NC(C)c2cccs2)ccc1N. The number of anilines is 2. The summed E-state index contributed by atoms with van der Waals surface area (Å²) >= 11 is 1.73. The Morgan fingerprint density at radius 1 is 1.30 bits per heavy atom. The lowest BCUT2D eigenvalue weighted by molar-refractivity contribution is 0.263. The number of hydrogen-bond acceptors (Lipinski definition) is 5. The fourth-order valence-corrected chi connectivity index (χ4v) is 2.46. The van der Waals surface area contributed by atoms with Crippen LogP contribution in [-0.4, -0.2) is 11.6 Å². The summed E-state index contributed by atoms with van der Waals surface area (Å²) in [5.74, 6) is 1.72. The second-order valence-electron chi connectivity index (χ2n) is 5.18. The molecule has 20 heavy (non-hydrogen) atoms. The minimum absolute atomic E-state index is 0.212. The lowest BCUT2D eigenvalue weighted by Crippen LogP contribution is -2.10. The van der Waals surface area contributed by atoms with Gasteiger partial charge in [-0.1, -0.05) is 19.9 Å². The lowest BCUT2D eigenvalue weighted by Gasteiger charge is -2.15. The molecule has 0 aromatic carbocycles. The molecule has 1 unspecified atom stereocenters. The maximum atomic E-state index is 5.89. The molecule has 0 saturated heterocycles. The van der Waals surface area contributed by atoms with Crippen LogP contribution in [0.2, 0.25) is 0 Å². The van der Waals surface area contributed by atoms with E-state index in [0.717, 1.165) is 5.82 Å². The number of hydrogen-bond donors (Lipinski definition) is 2. The number of rotatable bonds is 6. The van der Waals surface area contributed by atoms with Crippen molar-refractivity contribution in [3.05, 3.63) is 34.5 Å². The number of thiophene rings is 1. The maximum Gasteiger partial charge on any atom is 0.239 e. The highest BCUT2D eigenvalue weighted by Gasteiger charge is 2.10. The van der Waals surface area contributed by atoms with E-state index in [1.54, 1.807) is 11.3 Å². The smallest absolute Gasteiger partial charge is 0.239 e. The van der Waals surface area contributed by atoms with Crippen LogP contribution >= 0.6 is 11.3 Å². The lowest BCUT2D eigenvalue weighted by atomic mass is 10.2. The van der Waals surface area contributed by atoms with Crippen molar-refractivity contribution in [3.63, 3.8) is 0 Å². The molecule has 0 fully saturated rings. The van der Waals surface area contributed by atoms with Gasteiger partial charge in [-0.2, -0.15) is 4.98 Å². The zero-order valence-electron chi connectivity index (χ0n) is 12.1. The Hall–Kier alpha value is -1.75. The molecule has 4 nitrogen and oxygen atoms in total. The summed E-state index contributed by atoms with van der Waals surface area (Å²) in [5, 5.41) is 5.43. The molecule has 0 radical (unpaired) electrons. The van der Waals surface area contributed by atoms with Gasteiger partial charge in [-0.15, -0.1) is 11.3 Å². The summed E-state index contributed by atoms with van der Waals surface area (Å²) in [6, 6.07) is 8.07. The number of nitrogens with zero attached hydrogens (tertiary/aromatic N) is 1. The monoisotopic (exact) mass is 291 g/mol. The van der Waals surface area contributed by atoms with E-state index >= 15 is 0 Å². The van der Waals surface area contributed by atoms with Gasteiger partial charge in [-0.3, -0.25) is 0 Å². The van der Waals surface area contributed by atoms with E-state index in [4.69, 9.17) is 10.5 Å². The second-order valence-corrected chi connectivity index (χ2v) is 6.16. The van der Waals surface area contributed by atoms with Gasteiger partial charge >= 0.3 is 0 Å². The van der Waals surface area contributed by atoms with Crippen LogP contribution in [0.1, 0.15) is 31.7 Å². The molecule has 0 amide bonds. The van der Waals surface area contributed by atoms with E-state index in [9.17, 15) is 0 Å². The Bertz CT molecular complexity index is 540. The zero-order chi connectivity index (χ0) is 14.5. The molecule has 0 aliphatic carbocycles. The highest BCUT2D eigenvalue weighted by Crippen LogP contribution is 2.26. The highest BCUT2D eigenvalue weighted by atomic mass is 32.1. The van der Waals surface area contributed by atoms with Crippen LogP contribution in [0.4, 0.5) is 11.5 Å². The van der Waals surface area contributed by atoms with E-state index in [-0.39, 0.29) is 6.04 Å². The van der Waals surface area contributed by atoms with Gasteiger partial charge in [0, 0.05) is 4.88 Å². The van der Waals surface area contributed by atoms with E-state index < -0.39 is 0 Å². The van der Waals surface area contributed by atoms with Gasteiger partial charge in [-0.05, 0) is 36.4 Å². The number of nitrogens with one attached hydrogen (secondary N) is 1. The molecule has 1 atom stereocenters. The van der Waals surface area contributed by atoms with Crippen molar-refractivity contribution in [2.75, 3.05) is 17.7 Å². The van der Waals surface area contributed by atoms with Gasteiger partial charge in [0.15, 0.2) is 0 Å². The molecule has 5 heteroatoms. The van der Waals surface area contributed by atoms with Crippen LogP contribution in [-0.2, 0) is 0 Å². The van der Waals surface area contributed by atoms with Gasteiger partial charge in [0.05, 0.1) is 18.3 Å². The predicted molar refractivity (Wildman–Crippen MR) is 85.3 cm³/mol. The maximum absolute atomic E-state index is 5.89. The first-order valence-corrected chi connectivity index (χ1v) is 7.63. The number of pyridine rings is 1. The van der Waals surface area contributed by atoms with Crippen molar-refractivity contribution in [2.45, 2.75) is 26.8 Å². The van der Waals surface area contributed by atoms with Crippen LogP contribution < -0.4 is 15.8 Å². The number of nitrogens with two attached hydrogens (primary N) is 1. The average Bonchev–Trinajstić information content (AvgIpc) is 2.93. The van der Waals surface area contributed by atoms with E-state index in [0.29, 0.717) is 24.1 Å². The molecule has 2 aromatic heterocycles. The third-order valence-corrected chi connectivity index (χ3v) is 3.83. The molecule has 3 N–H and O–H groups in total. The molecule has 0 aliphatic heterocycles. The van der Waals surface area contributed by atoms with Crippen molar-refractivity contribution in [3.8, 4) is 5.88 Å². The predicted octanol–water partition coefficient (Wildman–Crippen LogP) is 3.93. The van der Waals surface area contributed by atoms with E-state index in [1.807, 2.05) is 18.2 Å². The topological polar surface area (TPSA) is 60.2 Å². The number of aromatic nitrogens is 1. The van der Waals surface area contributed by atoms with E-state index in [1.165, 1.54) is 4.88 Å². The van der Waals surface area contributed by atoms with Crippen LogP contribution in [0.15, 0.2) is 29.6 Å². The molecule has 0 spiro atoms. The standard InChI is InChI=1S/C15H21N3OS/c1-10(2)9-19-15-12(16)6-7-14(18-15)17-11(3)13-5-4-8-20-13/h4-8,10-11H,9,16H2,1-3H3,(H,17,18). The highest BCUT2D eigenvalue weighted by molar-refractivity contribution is 7.10. The largest absolute Gasteiger partial charge is 0.476 e. The molecular formula is C15H21N3OS. The van der Waals surface area contributed by atoms with Crippen LogP contribution in [0.5, 0.6) is 5.88 Å². The Labute approximate surface area is 124 Å². The first-order chi connectivity index (χ1) is 9.56. The minimum atomic E-state index is 0.212. The third-order valence-electron chi connectivity index (χ3n) is 2.78. The molecule has 0 bridgehead atoms. The Morgan fingerprint density at radius 3 is 2.75 bits per heavy atom. The van der Waals surface area contributed by atoms with Crippen molar-refractivity contribution in [1.29, 1.82) is 0 Å². The van der Waals surface area contributed by atoms with E-state index in [2.05, 4.69) is 42.5 Å². The fraction of sp³-hybridized carbons (Fsp3) is 0.400. The van der Waals surface area contributed by atoms with Crippen molar-refractivity contribution in [1.82, 2.24) is 4.98 Å². The Morgan fingerprint density at radius 2 is 2.10 bits per heavy atom. The Kier molecular flexibility index (Phi) is 4.84. The summed E-state index contributed by atoms with van der Waals surface area (Å²) < 4.78 is 5.64. The first-order valence-electron chi connectivity index (χ1n) is 6.75. The second kappa shape index (κ2) is 6.61. The molecule has 2 heterocycles. The van der Waals surface area contributed by atoms with Gasteiger partial charge < -0.3 is 15.8 Å². The molecule has 0 aliphatic rings. The fourth-order valence-electron chi connectivity index (χ4n) is 1.72. The quantitative estimate of drug-likeness (QED) is 0.846. The molecule has 108 valence electrons. The summed E-state index contributed by atoms with van der Waals surface area (Å²) in [5.41, 5.74) is 6.46. The van der Waals surface area contributed by atoms with Crippen LogP contribution in [0.25, 0.3) is 0 Å². The summed E-state index contributed by atoms with van der Waals surface area (Å²) in [6.07, 6.45) is 0. The Balaban J connectivity index is 2.06. The number of ether oxygens (including phenoxy) is 1. The summed E-state index contributed by atoms with van der Waals surface area (Å²) in [6.45, 7) is 6.91. The molecule has 0 saturated carbocycles. The normalized spacial score (nSPS) is 12.4. The summed E-state index contributed by atoms with van der Waals surface area (Å²) in [7, 11) is 0. The molecule has 2 aromatic rings. The van der Waals surface area contributed by atoms with Crippen LogP contribution in [0, 0.1) is 5.92 Å². The third kappa shape index (κ3) is 3.87. The minimum Gasteiger partial charge on any atom is -0.476 e. The molecular weight excluding hydrogens is 270 g/mol. The molecule has 2 rings (SSSR count). The number of nitrogen functional groups attached to an aromatic ring is 1. The van der Waals surface area contributed by atoms with Gasteiger partial charge in [0.25, 0.3) is 0 Å². The van der Waals surface area contributed by atoms with Gasteiger partial charge in [0.1, 0.15) is 5.82 Å². The van der Waals surface area contributed by atoms with Gasteiger partial charge in [-0.25, -0.2) is 0 Å². The summed E-state index contributed by atoms with van der Waals surface area (Å²) in [4.78, 5) is 5.71. The van der Waals surface area contributed by atoms with Gasteiger partial charge in [0.2, 0.25) is 5.88 Å². The zero-order valence-corrected chi connectivity index (χ0v) is 12.9. The van der Waals surface area contributed by atoms with Crippen LogP contribution in [0.3, 0.4) is 0 Å². The average molecular weight is 291 g/mol. The van der Waals surface area contributed by atoms with Crippen molar-refractivity contribution < 1.29 is 4.74 Å².